The molecule has 0 aliphatic heterocycles. The maximum Gasteiger partial charge on any atom is 0.186 e. The molecular formula is C16H16N2O2S. The van der Waals surface area contributed by atoms with Crippen molar-refractivity contribution < 1.29 is 9.59 Å². The number of thioether (sulfide) groups is 1. The average molecular weight is 300 g/mol. The predicted octanol–water partition coefficient (Wildman–Crippen LogP) is 3.59. The Hall–Kier alpha value is -2.27. The topological polar surface area (TPSA) is 58.2 Å². The lowest BCUT2D eigenvalue weighted by Gasteiger charge is -2.10. The van der Waals surface area contributed by atoms with Crippen LogP contribution in [0.5, 0.6) is 0 Å². The van der Waals surface area contributed by atoms with Crippen molar-refractivity contribution in [2.24, 2.45) is 0 Å². The van der Waals surface area contributed by atoms with E-state index in [1.807, 2.05) is 42.5 Å². The molecule has 0 saturated heterocycles. The standard InChI is InChI=1S/C16H16N2O2S/c1-12(19)21-11-16(20)13-7-9-15(10-8-13)18-17-14-5-3-2-4-6-14/h2-10,17-18H,11H2,1H3. The molecule has 0 atom stereocenters. The molecule has 2 aromatic carbocycles. The molecular weight excluding hydrogens is 284 g/mol. The Labute approximate surface area is 127 Å². The Bertz CT molecular complexity index is 612. The van der Waals surface area contributed by atoms with E-state index in [1.54, 1.807) is 12.1 Å². The van der Waals surface area contributed by atoms with Crippen LogP contribution in [-0.2, 0) is 4.79 Å². The molecule has 0 aromatic heterocycles. The minimum Gasteiger partial charge on any atom is -0.301 e. The molecule has 2 aromatic rings. The van der Waals surface area contributed by atoms with Gasteiger partial charge >= 0.3 is 0 Å². The Morgan fingerprint density at radius 1 is 0.905 bits per heavy atom. The van der Waals surface area contributed by atoms with Gasteiger partial charge in [-0.25, -0.2) is 0 Å². The summed E-state index contributed by atoms with van der Waals surface area (Å²) in [5.74, 6) is 0.141. The van der Waals surface area contributed by atoms with Crippen molar-refractivity contribution in [2.75, 3.05) is 16.6 Å². The Balaban J connectivity index is 1.89. The molecule has 5 heteroatoms. The minimum absolute atomic E-state index is 0.0437. The molecule has 0 amide bonds. The van der Waals surface area contributed by atoms with E-state index in [0.717, 1.165) is 23.1 Å². The van der Waals surface area contributed by atoms with Crippen LogP contribution in [-0.4, -0.2) is 16.7 Å². The molecule has 0 saturated carbocycles. The van der Waals surface area contributed by atoms with Crippen LogP contribution >= 0.6 is 11.8 Å². The number of hydrazine groups is 1. The van der Waals surface area contributed by atoms with Crippen molar-refractivity contribution in [1.29, 1.82) is 0 Å². The zero-order valence-electron chi connectivity index (χ0n) is 11.6. The molecule has 0 aliphatic rings. The number of carbonyl (C=O) groups excluding carboxylic acids is 2. The van der Waals surface area contributed by atoms with Crippen LogP contribution in [0.25, 0.3) is 0 Å². The van der Waals surface area contributed by atoms with Crippen LogP contribution < -0.4 is 10.9 Å². The van der Waals surface area contributed by atoms with E-state index in [1.165, 1.54) is 6.92 Å². The summed E-state index contributed by atoms with van der Waals surface area (Å²) in [5.41, 5.74) is 8.54. The summed E-state index contributed by atoms with van der Waals surface area (Å²) in [6.07, 6.45) is 0. The van der Waals surface area contributed by atoms with Crippen molar-refractivity contribution in [3.05, 3.63) is 60.2 Å². The summed E-state index contributed by atoms with van der Waals surface area (Å²) in [6, 6.07) is 16.9. The zero-order valence-corrected chi connectivity index (χ0v) is 12.4. The van der Waals surface area contributed by atoms with Crippen LogP contribution in [0.1, 0.15) is 17.3 Å². The number of para-hydroxylation sites is 1. The number of anilines is 2. The van der Waals surface area contributed by atoms with Gasteiger partial charge in [-0.15, -0.1) is 0 Å². The first kappa shape index (κ1) is 15.1. The highest BCUT2D eigenvalue weighted by Gasteiger charge is 2.07. The number of benzene rings is 2. The van der Waals surface area contributed by atoms with Crippen LogP contribution in [0.4, 0.5) is 11.4 Å². The largest absolute Gasteiger partial charge is 0.301 e. The summed E-state index contributed by atoms with van der Waals surface area (Å²) in [7, 11) is 0. The molecule has 2 N–H and O–H groups in total. The number of rotatable bonds is 6. The van der Waals surface area contributed by atoms with E-state index in [0.29, 0.717) is 5.56 Å². The molecule has 2 rings (SSSR count). The van der Waals surface area contributed by atoms with Gasteiger partial charge in [-0.05, 0) is 36.4 Å². The second-order valence-electron chi connectivity index (χ2n) is 4.40. The first-order valence-corrected chi connectivity index (χ1v) is 7.47. The fraction of sp³-hybridized carbons (Fsp3) is 0.125. The molecule has 0 radical (unpaired) electrons. The monoisotopic (exact) mass is 300 g/mol. The van der Waals surface area contributed by atoms with Gasteiger partial charge in [0.2, 0.25) is 0 Å². The van der Waals surface area contributed by atoms with Crippen molar-refractivity contribution in [3.63, 3.8) is 0 Å². The third kappa shape index (κ3) is 4.96. The van der Waals surface area contributed by atoms with Gasteiger partial charge < -0.3 is 10.9 Å². The Morgan fingerprint density at radius 2 is 1.48 bits per heavy atom. The predicted molar refractivity (Wildman–Crippen MR) is 87.6 cm³/mol. The number of nitrogens with one attached hydrogen (secondary N) is 2. The van der Waals surface area contributed by atoms with Gasteiger partial charge in [0.25, 0.3) is 0 Å². The van der Waals surface area contributed by atoms with E-state index in [-0.39, 0.29) is 16.7 Å². The normalized spacial score (nSPS) is 9.95. The molecule has 0 aliphatic carbocycles. The van der Waals surface area contributed by atoms with E-state index in [2.05, 4.69) is 10.9 Å². The first-order chi connectivity index (χ1) is 10.1. The molecule has 0 unspecified atom stereocenters. The second kappa shape index (κ2) is 7.50. The summed E-state index contributed by atoms with van der Waals surface area (Å²) in [6.45, 7) is 1.46. The number of Topliss-reactive ketones (excluding diaryl/α,β-unsaturated/α-hetero) is 1. The number of hydrogen-bond acceptors (Lipinski definition) is 5. The zero-order chi connectivity index (χ0) is 15.1. The van der Waals surface area contributed by atoms with Crippen molar-refractivity contribution in [2.45, 2.75) is 6.92 Å². The van der Waals surface area contributed by atoms with Crippen LogP contribution in [0, 0.1) is 0 Å². The van der Waals surface area contributed by atoms with Gasteiger partial charge in [0.05, 0.1) is 17.1 Å². The fourth-order valence-electron chi connectivity index (χ4n) is 1.66. The lowest BCUT2D eigenvalue weighted by atomic mass is 10.1. The van der Waals surface area contributed by atoms with E-state index >= 15 is 0 Å². The van der Waals surface area contributed by atoms with Gasteiger partial charge in [-0.3, -0.25) is 9.59 Å². The fourth-order valence-corrected chi connectivity index (χ4v) is 2.16. The summed E-state index contributed by atoms with van der Waals surface area (Å²) in [5, 5.41) is -0.0475. The summed E-state index contributed by atoms with van der Waals surface area (Å²) in [4.78, 5) is 22.7. The average Bonchev–Trinajstić information content (AvgIpc) is 2.52. The third-order valence-corrected chi connectivity index (χ3v) is 3.55. The number of ketones is 1. The lowest BCUT2D eigenvalue weighted by molar-refractivity contribution is -0.109. The third-order valence-electron chi connectivity index (χ3n) is 2.74. The highest BCUT2D eigenvalue weighted by Crippen LogP contribution is 2.13. The summed E-state index contributed by atoms with van der Waals surface area (Å²) >= 11 is 1.03. The van der Waals surface area contributed by atoms with Gasteiger partial charge in [0.15, 0.2) is 10.9 Å². The molecule has 21 heavy (non-hydrogen) atoms. The Morgan fingerprint density at radius 3 is 2.05 bits per heavy atom. The van der Waals surface area contributed by atoms with Gasteiger partial charge in [-0.2, -0.15) is 0 Å². The summed E-state index contributed by atoms with van der Waals surface area (Å²) < 4.78 is 0. The van der Waals surface area contributed by atoms with E-state index in [9.17, 15) is 9.59 Å². The molecule has 0 heterocycles. The Kier molecular flexibility index (Phi) is 5.40. The van der Waals surface area contributed by atoms with E-state index < -0.39 is 0 Å². The molecule has 0 bridgehead atoms. The lowest BCUT2D eigenvalue weighted by Crippen LogP contribution is -2.09. The quantitative estimate of drug-likeness (QED) is 0.630. The van der Waals surface area contributed by atoms with Gasteiger partial charge in [0.1, 0.15) is 0 Å². The maximum atomic E-state index is 11.8. The SMILES string of the molecule is CC(=O)SCC(=O)c1ccc(NNc2ccccc2)cc1. The van der Waals surface area contributed by atoms with Crippen LogP contribution in [0.3, 0.4) is 0 Å². The maximum absolute atomic E-state index is 11.8. The van der Waals surface area contributed by atoms with Crippen molar-refractivity contribution in [1.82, 2.24) is 0 Å². The molecule has 0 spiro atoms. The smallest absolute Gasteiger partial charge is 0.186 e. The second-order valence-corrected chi connectivity index (χ2v) is 5.55. The number of carbonyl (C=O) groups is 2. The molecule has 0 fully saturated rings. The van der Waals surface area contributed by atoms with Crippen LogP contribution in [0.15, 0.2) is 54.6 Å². The van der Waals surface area contributed by atoms with E-state index in [4.69, 9.17) is 0 Å². The van der Waals surface area contributed by atoms with Gasteiger partial charge in [0, 0.05) is 12.5 Å². The van der Waals surface area contributed by atoms with Crippen molar-refractivity contribution >= 4 is 34.0 Å². The number of hydrogen-bond donors (Lipinski definition) is 2. The first-order valence-electron chi connectivity index (χ1n) is 6.49. The minimum atomic E-state index is -0.0475. The van der Waals surface area contributed by atoms with Gasteiger partial charge in [-0.1, -0.05) is 30.0 Å². The van der Waals surface area contributed by atoms with Crippen molar-refractivity contribution in [3.8, 4) is 0 Å². The van der Waals surface area contributed by atoms with Crippen LogP contribution in [0.2, 0.25) is 0 Å². The molecule has 4 nitrogen and oxygen atoms in total. The highest BCUT2D eigenvalue weighted by atomic mass is 32.2. The highest BCUT2D eigenvalue weighted by molar-refractivity contribution is 8.14. The molecule has 108 valence electrons.